The molecule has 0 fully saturated rings. The molecule has 3 N–H and O–H groups in total. The molecule has 66 heavy (non-hydrogen) atoms. The van der Waals surface area contributed by atoms with E-state index in [9.17, 15) is 19.8 Å². The Labute approximate surface area is 409 Å². The number of aliphatic hydroxyl groups excluding tert-OH is 2. The van der Waals surface area contributed by atoms with E-state index in [0.29, 0.717) is 19.3 Å². The van der Waals surface area contributed by atoms with Crippen molar-refractivity contribution in [1.82, 2.24) is 5.32 Å². The van der Waals surface area contributed by atoms with Gasteiger partial charge in [-0.1, -0.05) is 255 Å². The molecular weight excluding hydrogens is 815 g/mol. The maximum atomic E-state index is 13.3. The highest BCUT2D eigenvalue weighted by Crippen LogP contribution is 2.18. The Morgan fingerprint density at radius 2 is 0.879 bits per heavy atom. The van der Waals surface area contributed by atoms with E-state index in [2.05, 4.69) is 86.8 Å². The van der Waals surface area contributed by atoms with Crippen LogP contribution >= 0.6 is 0 Å². The van der Waals surface area contributed by atoms with Crippen LogP contribution in [0.5, 0.6) is 0 Å². The quantitative estimate of drug-likeness (QED) is 0.0244. The normalized spacial score (nSPS) is 13.6. The van der Waals surface area contributed by atoms with Crippen molar-refractivity contribution in [2.45, 2.75) is 302 Å². The highest BCUT2D eigenvalue weighted by atomic mass is 16.5. The average Bonchev–Trinajstić information content (AvgIpc) is 3.31. The Morgan fingerprint density at radius 1 is 0.470 bits per heavy atom. The highest BCUT2D eigenvalue weighted by molar-refractivity contribution is 5.77. The van der Waals surface area contributed by atoms with Crippen molar-refractivity contribution in [2.75, 3.05) is 6.61 Å². The highest BCUT2D eigenvalue weighted by Gasteiger charge is 2.24. The van der Waals surface area contributed by atoms with Gasteiger partial charge in [0, 0.05) is 6.42 Å². The predicted molar refractivity (Wildman–Crippen MR) is 287 cm³/mol. The zero-order chi connectivity index (χ0) is 48.1. The molecule has 0 aliphatic heterocycles. The third-order valence-electron chi connectivity index (χ3n) is 12.9. The lowest BCUT2D eigenvalue weighted by Crippen LogP contribution is -2.46. The van der Waals surface area contributed by atoms with Gasteiger partial charge in [0.2, 0.25) is 5.91 Å². The van der Waals surface area contributed by atoms with Crippen LogP contribution < -0.4 is 5.32 Å². The summed E-state index contributed by atoms with van der Waals surface area (Å²) in [6.45, 7) is 6.35. The Balaban J connectivity index is 4.53. The first-order chi connectivity index (χ1) is 32.5. The van der Waals surface area contributed by atoms with E-state index >= 15 is 0 Å². The minimum absolute atomic E-state index is 0.0620. The van der Waals surface area contributed by atoms with E-state index in [4.69, 9.17) is 4.74 Å². The maximum absolute atomic E-state index is 13.3. The fourth-order valence-electron chi connectivity index (χ4n) is 8.58. The third kappa shape index (κ3) is 48.0. The van der Waals surface area contributed by atoms with Crippen LogP contribution in [0.4, 0.5) is 0 Å². The zero-order valence-corrected chi connectivity index (χ0v) is 43.8. The van der Waals surface area contributed by atoms with Gasteiger partial charge in [-0.25, -0.2) is 0 Å². The van der Waals surface area contributed by atoms with Gasteiger partial charge in [0.1, 0.15) is 6.10 Å². The lowest BCUT2D eigenvalue weighted by atomic mass is 10.0. The van der Waals surface area contributed by atoms with Crippen LogP contribution in [0.2, 0.25) is 0 Å². The Bertz CT molecular complexity index is 1170. The Hall–Kier alpha value is -2.44. The van der Waals surface area contributed by atoms with E-state index in [1.165, 1.54) is 148 Å². The van der Waals surface area contributed by atoms with E-state index in [-0.39, 0.29) is 24.9 Å². The number of aliphatic hydroxyl groups is 2. The molecule has 6 heteroatoms. The third-order valence-corrected chi connectivity index (χ3v) is 12.9. The molecule has 0 rings (SSSR count). The fourth-order valence-corrected chi connectivity index (χ4v) is 8.58. The first kappa shape index (κ1) is 63.6. The van der Waals surface area contributed by atoms with Crippen molar-refractivity contribution in [2.24, 2.45) is 0 Å². The van der Waals surface area contributed by atoms with Gasteiger partial charge in [-0.2, -0.15) is 0 Å². The van der Waals surface area contributed by atoms with Crippen LogP contribution in [0.3, 0.4) is 0 Å². The molecule has 6 nitrogen and oxygen atoms in total. The number of unbranched alkanes of at least 4 members (excludes halogenated alkanes) is 31. The first-order valence-electron chi connectivity index (χ1n) is 28.5. The first-order valence-corrected chi connectivity index (χ1v) is 28.5. The molecule has 0 bridgehead atoms. The number of carbonyl (C=O) groups is 2. The number of esters is 1. The topological polar surface area (TPSA) is 95.9 Å². The summed E-state index contributed by atoms with van der Waals surface area (Å²) in [6.07, 6.45) is 67.1. The van der Waals surface area contributed by atoms with Crippen LogP contribution in [-0.4, -0.2) is 46.9 Å². The average molecular weight is 925 g/mol. The number of rotatable bonds is 51. The van der Waals surface area contributed by atoms with Gasteiger partial charge < -0.3 is 20.3 Å². The van der Waals surface area contributed by atoms with E-state index < -0.39 is 18.2 Å². The minimum atomic E-state index is -0.796. The summed E-state index contributed by atoms with van der Waals surface area (Å²) in [6, 6.07) is -0.711. The predicted octanol–water partition coefficient (Wildman–Crippen LogP) is 17.6. The maximum Gasteiger partial charge on any atom is 0.306 e. The number of hydrogen-bond acceptors (Lipinski definition) is 5. The molecule has 0 heterocycles. The summed E-state index contributed by atoms with van der Waals surface area (Å²) in [4.78, 5) is 26.3. The SMILES string of the molecule is CC/C=C/C=C/C=C/CCCCCCCC(CC(=O)NC(CO)C(O)CCCCCCCCCCCCCCCCC)OC(=O)CCCCCCCCCCC/C=C\C/C=C\CCCCC. The zero-order valence-electron chi connectivity index (χ0n) is 43.8. The molecule has 0 aliphatic carbocycles. The molecule has 0 saturated carbocycles. The van der Waals surface area contributed by atoms with Gasteiger partial charge in [0.05, 0.1) is 25.2 Å². The van der Waals surface area contributed by atoms with E-state index in [1.807, 2.05) is 0 Å². The van der Waals surface area contributed by atoms with Crippen LogP contribution in [-0.2, 0) is 14.3 Å². The molecule has 0 radical (unpaired) electrons. The van der Waals surface area contributed by atoms with Crippen LogP contribution in [0.1, 0.15) is 284 Å². The molecule has 0 saturated heterocycles. The summed E-state index contributed by atoms with van der Waals surface area (Å²) >= 11 is 0. The summed E-state index contributed by atoms with van der Waals surface area (Å²) in [5, 5.41) is 23.9. The van der Waals surface area contributed by atoms with Gasteiger partial charge in [-0.15, -0.1) is 0 Å². The molecular formula is C60H109NO5. The van der Waals surface area contributed by atoms with Crippen molar-refractivity contribution in [3.8, 4) is 0 Å². The van der Waals surface area contributed by atoms with Crippen molar-refractivity contribution in [3.05, 3.63) is 60.8 Å². The molecule has 3 atom stereocenters. The van der Waals surface area contributed by atoms with Crippen LogP contribution in [0.25, 0.3) is 0 Å². The van der Waals surface area contributed by atoms with Crippen LogP contribution in [0, 0.1) is 0 Å². The molecule has 0 aromatic carbocycles. The van der Waals surface area contributed by atoms with Gasteiger partial charge in [0.25, 0.3) is 0 Å². The lowest BCUT2D eigenvalue weighted by molar-refractivity contribution is -0.151. The molecule has 0 aromatic heterocycles. The second-order valence-corrected chi connectivity index (χ2v) is 19.4. The number of amides is 1. The molecule has 0 aromatic rings. The number of ether oxygens (including phenoxy) is 1. The molecule has 1 amide bonds. The minimum Gasteiger partial charge on any atom is -0.462 e. The van der Waals surface area contributed by atoms with Gasteiger partial charge in [-0.05, 0) is 77.0 Å². The van der Waals surface area contributed by atoms with Gasteiger partial charge >= 0.3 is 5.97 Å². The van der Waals surface area contributed by atoms with Crippen LogP contribution in [0.15, 0.2) is 60.8 Å². The van der Waals surface area contributed by atoms with Crippen molar-refractivity contribution in [3.63, 3.8) is 0 Å². The van der Waals surface area contributed by atoms with Gasteiger partial charge in [0.15, 0.2) is 0 Å². The lowest BCUT2D eigenvalue weighted by Gasteiger charge is -2.24. The Morgan fingerprint density at radius 3 is 1.38 bits per heavy atom. The molecule has 3 unspecified atom stereocenters. The Kier molecular flexibility index (Phi) is 51.5. The fraction of sp³-hybridized carbons (Fsp3) is 0.800. The second-order valence-electron chi connectivity index (χ2n) is 19.4. The summed E-state index contributed by atoms with van der Waals surface area (Å²) in [7, 11) is 0. The summed E-state index contributed by atoms with van der Waals surface area (Å²) in [5.41, 5.74) is 0. The second kappa shape index (κ2) is 53.5. The molecule has 0 spiro atoms. The van der Waals surface area contributed by atoms with E-state index in [0.717, 1.165) is 89.9 Å². The number of hydrogen-bond donors (Lipinski definition) is 3. The van der Waals surface area contributed by atoms with Crippen molar-refractivity contribution in [1.29, 1.82) is 0 Å². The number of nitrogens with one attached hydrogen (secondary N) is 1. The smallest absolute Gasteiger partial charge is 0.306 e. The number of allylic oxidation sites excluding steroid dienone is 10. The monoisotopic (exact) mass is 924 g/mol. The summed E-state index contributed by atoms with van der Waals surface area (Å²) < 4.78 is 5.95. The summed E-state index contributed by atoms with van der Waals surface area (Å²) in [5.74, 6) is -0.492. The van der Waals surface area contributed by atoms with Crippen molar-refractivity contribution >= 4 is 11.9 Å². The molecule has 0 aliphatic rings. The molecule has 384 valence electrons. The largest absolute Gasteiger partial charge is 0.462 e. The van der Waals surface area contributed by atoms with E-state index in [1.54, 1.807) is 0 Å². The standard InChI is InChI=1S/C60H109NO5/c1-4-7-10-13-16-19-22-25-27-28-29-30-32-35-38-41-44-47-50-53-60(65)66-56(51-48-45-42-39-36-33-24-21-18-15-12-9-6-3)54-59(64)61-57(55-62)58(63)52-49-46-43-40-37-34-31-26-23-20-17-14-11-8-5-2/h9,12,15-16,18-19,21,24-25,27,56-58,62-63H,4-8,10-11,13-14,17,20,22-23,26,28-55H2,1-3H3,(H,61,64)/b12-9+,18-15+,19-16-,24-21+,27-25-. The van der Waals surface area contributed by atoms with Crippen molar-refractivity contribution < 1.29 is 24.5 Å². The number of carbonyl (C=O) groups excluding carboxylic acids is 2. The van der Waals surface area contributed by atoms with Gasteiger partial charge in [-0.3, -0.25) is 9.59 Å².